The number of nitrogens with one attached hydrogen (secondary N) is 1. The fraction of sp³-hybridized carbons (Fsp3) is 0.800. The summed E-state index contributed by atoms with van der Waals surface area (Å²) in [7, 11) is 0. The van der Waals surface area contributed by atoms with Crippen molar-refractivity contribution in [2.24, 2.45) is 10.4 Å². The Bertz CT molecular complexity index is 418. The Morgan fingerprint density at radius 1 is 1.23 bits per heavy atom. The normalized spacial score (nSPS) is 22.6. The van der Waals surface area contributed by atoms with Gasteiger partial charge < -0.3 is 17.9 Å². The minimum Gasteiger partial charge on any atom is -0.742 e. The number of thioether (sulfide) groups is 1. The number of aliphatic imine (C=N–C) groups is 1. The summed E-state index contributed by atoms with van der Waals surface area (Å²) in [5, 5.41) is 2.50. The predicted molar refractivity (Wildman–Crippen MR) is 91.4 cm³/mol. The first-order chi connectivity index (χ1) is 9.98. The van der Waals surface area contributed by atoms with Crippen molar-refractivity contribution < 1.29 is 39.1 Å². The van der Waals surface area contributed by atoms with E-state index < -0.39 is 5.41 Å². The molecule has 1 rings (SSSR count). The van der Waals surface area contributed by atoms with Crippen molar-refractivity contribution in [1.29, 1.82) is 0 Å². The maximum absolute atomic E-state index is 12.5. The zero-order valence-electron chi connectivity index (χ0n) is 14.1. The van der Waals surface area contributed by atoms with Gasteiger partial charge in [0.25, 0.3) is 5.91 Å². The molecular formula is C15H25N2NaO2S2. The monoisotopic (exact) mass is 352 g/mol. The topological polar surface area (TPSA) is 58.5 Å². The van der Waals surface area contributed by atoms with E-state index in [4.69, 9.17) is 12.6 Å². The molecular weight excluding hydrogens is 327 g/mol. The number of hydrogen-bond donors (Lipinski definition) is 1. The molecule has 1 aliphatic rings. The van der Waals surface area contributed by atoms with Gasteiger partial charge in [-0.15, -0.1) is 0 Å². The minimum absolute atomic E-state index is 0. The van der Waals surface area contributed by atoms with Gasteiger partial charge in [-0.25, -0.2) is 4.99 Å². The van der Waals surface area contributed by atoms with Crippen LogP contribution < -0.4 is 34.9 Å². The van der Waals surface area contributed by atoms with Crippen LogP contribution in [-0.4, -0.2) is 28.0 Å². The van der Waals surface area contributed by atoms with Crippen LogP contribution in [0.25, 0.3) is 0 Å². The van der Waals surface area contributed by atoms with Crippen LogP contribution in [0.5, 0.6) is 0 Å². The Balaban J connectivity index is 0.00000441. The molecule has 0 saturated carbocycles. The van der Waals surface area contributed by atoms with Gasteiger partial charge in [-0.2, -0.15) is 11.8 Å². The third-order valence-corrected chi connectivity index (χ3v) is 5.56. The molecule has 120 valence electrons. The van der Waals surface area contributed by atoms with Gasteiger partial charge in [0.2, 0.25) is 5.91 Å². The summed E-state index contributed by atoms with van der Waals surface area (Å²) in [6, 6.07) is 0. The van der Waals surface area contributed by atoms with E-state index in [0.29, 0.717) is 6.42 Å². The average Bonchev–Trinajstić information content (AvgIpc) is 2.43. The molecule has 0 radical (unpaired) electrons. The summed E-state index contributed by atoms with van der Waals surface area (Å²) in [5.41, 5.74) is -1.05. The van der Waals surface area contributed by atoms with Crippen LogP contribution in [0.4, 0.5) is 0 Å². The van der Waals surface area contributed by atoms with Crippen LogP contribution >= 0.6 is 11.8 Å². The molecule has 2 atom stereocenters. The molecule has 0 fully saturated rings. The predicted octanol–water partition coefficient (Wildman–Crippen LogP) is 0.0382. The van der Waals surface area contributed by atoms with E-state index in [0.717, 1.165) is 25.0 Å². The van der Waals surface area contributed by atoms with Gasteiger partial charge >= 0.3 is 29.6 Å². The Hall–Kier alpha value is 0.380. The number of amidine groups is 1. The second-order valence-corrected chi connectivity index (χ2v) is 7.31. The summed E-state index contributed by atoms with van der Waals surface area (Å²) in [6.45, 7) is 6.18. The standard InChI is InChI=1S/C15H26N2O2S2.Na/c1-4-6-8-10-21-11(3)15(9-7-5-2)12(18)16-14(20)17-13(15)19;/h11H,4-10H2,1-3H3,(H2,16,17,18,19,20);/q;+1/p-1. The summed E-state index contributed by atoms with van der Waals surface area (Å²) in [4.78, 5) is 28.8. The zero-order valence-corrected chi connectivity index (χ0v) is 17.7. The molecule has 0 aromatic rings. The van der Waals surface area contributed by atoms with Gasteiger partial charge in [-0.1, -0.05) is 46.5 Å². The Morgan fingerprint density at radius 3 is 2.41 bits per heavy atom. The molecule has 0 aliphatic carbocycles. The molecule has 0 saturated heterocycles. The second-order valence-electron chi connectivity index (χ2n) is 5.47. The van der Waals surface area contributed by atoms with Crippen molar-refractivity contribution >= 4 is 41.4 Å². The maximum Gasteiger partial charge on any atom is 1.00 e. The van der Waals surface area contributed by atoms with E-state index in [-0.39, 0.29) is 51.8 Å². The molecule has 2 amide bonds. The first-order valence-electron chi connectivity index (χ1n) is 7.72. The summed E-state index contributed by atoms with van der Waals surface area (Å²) < 4.78 is 0. The zero-order chi connectivity index (χ0) is 15.9. The molecule has 2 unspecified atom stereocenters. The Labute approximate surface area is 165 Å². The summed E-state index contributed by atoms with van der Waals surface area (Å²) in [6.07, 6.45) is 5.78. The third kappa shape index (κ3) is 5.48. The average molecular weight is 353 g/mol. The molecule has 0 aromatic heterocycles. The van der Waals surface area contributed by atoms with Crippen molar-refractivity contribution in [3.63, 3.8) is 0 Å². The molecule has 4 nitrogen and oxygen atoms in total. The van der Waals surface area contributed by atoms with Crippen molar-refractivity contribution in [1.82, 2.24) is 5.32 Å². The summed E-state index contributed by atoms with van der Waals surface area (Å²) >= 11 is 6.55. The molecule has 0 spiro atoms. The van der Waals surface area contributed by atoms with E-state index in [1.807, 2.05) is 6.92 Å². The van der Waals surface area contributed by atoms with Gasteiger partial charge in [0.15, 0.2) is 0 Å². The quantitative estimate of drug-likeness (QED) is 0.275. The number of rotatable bonds is 9. The fourth-order valence-corrected chi connectivity index (χ4v) is 4.03. The maximum atomic E-state index is 12.5. The number of nitrogens with zero attached hydrogens (tertiary/aromatic N) is 1. The minimum atomic E-state index is -1.05. The van der Waals surface area contributed by atoms with Gasteiger partial charge in [-0.3, -0.25) is 9.59 Å². The van der Waals surface area contributed by atoms with Crippen LogP contribution in [0.1, 0.15) is 59.3 Å². The molecule has 0 aromatic carbocycles. The van der Waals surface area contributed by atoms with Crippen LogP contribution in [-0.2, 0) is 22.2 Å². The van der Waals surface area contributed by atoms with Crippen molar-refractivity contribution in [2.75, 3.05) is 5.75 Å². The van der Waals surface area contributed by atoms with Crippen LogP contribution in [0.15, 0.2) is 4.99 Å². The van der Waals surface area contributed by atoms with E-state index in [2.05, 4.69) is 24.2 Å². The Morgan fingerprint density at radius 2 is 1.86 bits per heavy atom. The molecule has 0 bridgehead atoms. The molecule has 7 heteroatoms. The molecule has 1 aliphatic heterocycles. The SMILES string of the molecule is CCCCCSC(C)C1(CCCC)C(=O)N=C([S-])NC1=O.[Na+]. The Kier molecular flexibility index (Phi) is 11.2. The van der Waals surface area contributed by atoms with E-state index in [1.54, 1.807) is 11.8 Å². The van der Waals surface area contributed by atoms with Crippen LogP contribution in [0.2, 0.25) is 0 Å². The van der Waals surface area contributed by atoms with Crippen molar-refractivity contribution in [2.45, 2.75) is 64.5 Å². The van der Waals surface area contributed by atoms with E-state index in [9.17, 15) is 9.59 Å². The van der Waals surface area contributed by atoms with Gasteiger partial charge in [-0.05, 0) is 23.8 Å². The number of carbonyl (C=O) groups excluding carboxylic acids is 2. The first-order valence-corrected chi connectivity index (χ1v) is 9.17. The number of carbonyl (C=O) groups is 2. The summed E-state index contributed by atoms with van der Waals surface area (Å²) in [5.74, 6) is 0.338. The first kappa shape index (κ1) is 22.4. The fourth-order valence-electron chi connectivity index (χ4n) is 2.52. The second kappa shape index (κ2) is 11.0. The smallest absolute Gasteiger partial charge is 0.742 e. The van der Waals surface area contributed by atoms with Gasteiger partial charge in [0.1, 0.15) is 5.41 Å². The number of hydrogen-bond acceptors (Lipinski definition) is 4. The number of amides is 2. The van der Waals surface area contributed by atoms with Crippen molar-refractivity contribution in [3.8, 4) is 0 Å². The third-order valence-electron chi connectivity index (χ3n) is 3.94. The molecule has 22 heavy (non-hydrogen) atoms. The molecule has 1 heterocycles. The largest absolute Gasteiger partial charge is 1.00 e. The van der Waals surface area contributed by atoms with Gasteiger partial charge in [0, 0.05) is 5.25 Å². The van der Waals surface area contributed by atoms with Crippen LogP contribution in [0.3, 0.4) is 0 Å². The van der Waals surface area contributed by atoms with Crippen LogP contribution in [0, 0.1) is 5.41 Å². The van der Waals surface area contributed by atoms with E-state index in [1.165, 1.54) is 12.8 Å². The van der Waals surface area contributed by atoms with Crippen molar-refractivity contribution in [3.05, 3.63) is 0 Å². The van der Waals surface area contributed by atoms with E-state index >= 15 is 0 Å². The van der Waals surface area contributed by atoms with Gasteiger partial charge in [0.05, 0.1) is 0 Å². The molecule has 1 N–H and O–H groups in total. The number of unbranched alkanes of at least 4 members (excludes halogenated alkanes) is 3.